The summed E-state index contributed by atoms with van der Waals surface area (Å²) in [4.78, 5) is 24.3. The SMILES string of the molecule is Cc1cccc2c1C(C(=O)N(C)CC(=O)O)CNC2. The van der Waals surface area contributed by atoms with Crippen LogP contribution in [0.2, 0.25) is 0 Å². The highest BCUT2D eigenvalue weighted by Crippen LogP contribution is 2.28. The second-order valence-electron chi connectivity index (χ2n) is 4.92. The number of hydrogen-bond acceptors (Lipinski definition) is 3. The molecule has 5 heteroatoms. The molecule has 1 heterocycles. The number of fused-ring (bicyclic) bond motifs is 1. The monoisotopic (exact) mass is 262 g/mol. The Labute approximate surface area is 112 Å². The molecule has 0 aromatic heterocycles. The van der Waals surface area contributed by atoms with Gasteiger partial charge in [0.2, 0.25) is 5.91 Å². The van der Waals surface area contributed by atoms with Crippen LogP contribution in [0, 0.1) is 6.92 Å². The lowest BCUT2D eigenvalue weighted by atomic mass is 9.86. The van der Waals surface area contributed by atoms with E-state index in [-0.39, 0.29) is 18.4 Å². The largest absolute Gasteiger partial charge is 0.480 e. The molecule has 2 N–H and O–H groups in total. The highest BCUT2D eigenvalue weighted by molar-refractivity contribution is 5.87. The Morgan fingerprint density at radius 2 is 2.21 bits per heavy atom. The van der Waals surface area contributed by atoms with Crippen molar-refractivity contribution in [2.45, 2.75) is 19.4 Å². The van der Waals surface area contributed by atoms with Crippen molar-refractivity contribution in [1.29, 1.82) is 0 Å². The molecule has 1 aliphatic heterocycles. The van der Waals surface area contributed by atoms with Crippen LogP contribution in [0.4, 0.5) is 0 Å². The zero-order chi connectivity index (χ0) is 14.0. The van der Waals surface area contributed by atoms with Gasteiger partial charge in [-0.25, -0.2) is 0 Å². The zero-order valence-electron chi connectivity index (χ0n) is 11.1. The highest BCUT2D eigenvalue weighted by atomic mass is 16.4. The van der Waals surface area contributed by atoms with E-state index in [1.165, 1.54) is 11.9 Å². The molecule has 19 heavy (non-hydrogen) atoms. The first-order valence-corrected chi connectivity index (χ1v) is 6.26. The topological polar surface area (TPSA) is 69.6 Å². The van der Waals surface area contributed by atoms with Crippen molar-refractivity contribution in [2.75, 3.05) is 20.1 Å². The lowest BCUT2D eigenvalue weighted by Crippen LogP contribution is -2.42. The minimum absolute atomic E-state index is 0.148. The van der Waals surface area contributed by atoms with Gasteiger partial charge in [0.15, 0.2) is 0 Å². The molecule has 0 spiro atoms. The van der Waals surface area contributed by atoms with Gasteiger partial charge in [-0.1, -0.05) is 18.2 Å². The molecular formula is C14H18N2O3. The van der Waals surface area contributed by atoms with Crippen molar-refractivity contribution in [3.05, 3.63) is 34.9 Å². The third-order valence-corrected chi connectivity index (χ3v) is 3.47. The van der Waals surface area contributed by atoms with E-state index in [1.54, 1.807) is 0 Å². The fraction of sp³-hybridized carbons (Fsp3) is 0.429. The average molecular weight is 262 g/mol. The summed E-state index contributed by atoms with van der Waals surface area (Å²) < 4.78 is 0. The molecule has 102 valence electrons. The van der Waals surface area contributed by atoms with Gasteiger partial charge in [-0.3, -0.25) is 9.59 Å². The Bertz CT molecular complexity index is 513. The van der Waals surface area contributed by atoms with Crippen LogP contribution < -0.4 is 5.32 Å². The second kappa shape index (κ2) is 5.40. The maximum absolute atomic E-state index is 12.4. The van der Waals surface area contributed by atoms with Gasteiger partial charge in [0.1, 0.15) is 6.54 Å². The summed E-state index contributed by atoms with van der Waals surface area (Å²) in [6.07, 6.45) is 0. The summed E-state index contributed by atoms with van der Waals surface area (Å²) in [7, 11) is 1.53. The predicted molar refractivity (Wildman–Crippen MR) is 70.9 cm³/mol. The maximum atomic E-state index is 12.4. The number of benzene rings is 1. The molecule has 1 aliphatic rings. The zero-order valence-corrected chi connectivity index (χ0v) is 11.1. The Kier molecular flexibility index (Phi) is 3.85. The molecule has 0 fully saturated rings. The highest BCUT2D eigenvalue weighted by Gasteiger charge is 2.30. The first-order chi connectivity index (χ1) is 9.00. The molecule has 0 saturated heterocycles. The van der Waals surface area contributed by atoms with Gasteiger partial charge in [0.25, 0.3) is 0 Å². The Morgan fingerprint density at radius 1 is 1.47 bits per heavy atom. The molecule has 5 nitrogen and oxygen atoms in total. The molecule has 0 aliphatic carbocycles. The van der Waals surface area contributed by atoms with Gasteiger partial charge < -0.3 is 15.3 Å². The minimum atomic E-state index is -0.996. The van der Waals surface area contributed by atoms with Crippen molar-refractivity contribution < 1.29 is 14.7 Å². The number of aryl methyl sites for hydroxylation is 1. The van der Waals surface area contributed by atoms with Crippen molar-refractivity contribution >= 4 is 11.9 Å². The Morgan fingerprint density at radius 3 is 2.89 bits per heavy atom. The van der Waals surface area contributed by atoms with Crippen molar-refractivity contribution in [2.24, 2.45) is 0 Å². The number of hydrogen-bond donors (Lipinski definition) is 2. The number of carboxylic acid groups (broad SMARTS) is 1. The summed E-state index contributed by atoms with van der Waals surface area (Å²) in [6, 6.07) is 5.97. The molecule has 2 rings (SSSR count). The van der Waals surface area contributed by atoms with E-state index in [9.17, 15) is 9.59 Å². The summed E-state index contributed by atoms with van der Waals surface area (Å²) in [6.45, 7) is 3.03. The van der Waals surface area contributed by atoms with Crippen LogP contribution in [0.1, 0.15) is 22.6 Å². The van der Waals surface area contributed by atoms with E-state index in [0.29, 0.717) is 6.54 Å². The van der Waals surface area contributed by atoms with Crippen molar-refractivity contribution in [3.8, 4) is 0 Å². The van der Waals surface area contributed by atoms with Crippen molar-refractivity contribution in [1.82, 2.24) is 10.2 Å². The summed E-state index contributed by atoms with van der Waals surface area (Å²) in [5.41, 5.74) is 3.25. The Balaban J connectivity index is 2.28. The molecule has 0 saturated carbocycles. The van der Waals surface area contributed by atoms with Gasteiger partial charge in [-0.05, 0) is 23.6 Å². The minimum Gasteiger partial charge on any atom is -0.480 e. The maximum Gasteiger partial charge on any atom is 0.323 e. The van der Waals surface area contributed by atoms with E-state index in [1.807, 2.05) is 25.1 Å². The number of nitrogens with zero attached hydrogens (tertiary/aromatic N) is 1. The fourth-order valence-corrected chi connectivity index (χ4v) is 2.61. The van der Waals surface area contributed by atoms with Gasteiger partial charge in [-0.15, -0.1) is 0 Å². The lowest BCUT2D eigenvalue weighted by Gasteiger charge is -2.30. The molecule has 0 bridgehead atoms. The number of aliphatic carboxylic acids is 1. The van der Waals surface area contributed by atoms with E-state index in [2.05, 4.69) is 5.32 Å². The summed E-state index contributed by atoms with van der Waals surface area (Å²) >= 11 is 0. The van der Waals surface area contributed by atoms with Crippen LogP contribution in [0.5, 0.6) is 0 Å². The van der Waals surface area contributed by atoms with Gasteiger partial charge >= 0.3 is 5.97 Å². The van der Waals surface area contributed by atoms with Gasteiger partial charge in [0, 0.05) is 20.1 Å². The van der Waals surface area contributed by atoms with E-state index in [4.69, 9.17) is 5.11 Å². The normalized spacial score (nSPS) is 17.7. The van der Waals surface area contributed by atoms with Crippen LogP contribution in [0.15, 0.2) is 18.2 Å². The third-order valence-electron chi connectivity index (χ3n) is 3.47. The number of rotatable bonds is 3. The quantitative estimate of drug-likeness (QED) is 0.842. The third kappa shape index (κ3) is 2.76. The van der Waals surface area contributed by atoms with Crippen LogP contribution in [0.3, 0.4) is 0 Å². The van der Waals surface area contributed by atoms with Crippen LogP contribution in [-0.2, 0) is 16.1 Å². The van der Waals surface area contributed by atoms with E-state index in [0.717, 1.165) is 23.2 Å². The van der Waals surface area contributed by atoms with Crippen LogP contribution in [-0.4, -0.2) is 42.0 Å². The van der Waals surface area contributed by atoms with E-state index < -0.39 is 5.97 Å². The molecule has 1 aromatic carbocycles. The van der Waals surface area contributed by atoms with Gasteiger partial charge in [0.05, 0.1) is 5.92 Å². The van der Waals surface area contributed by atoms with Crippen LogP contribution >= 0.6 is 0 Å². The number of amides is 1. The second-order valence-corrected chi connectivity index (χ2v) is 4.92. The predicted octanol–water partition coefficient (Wildman–Crippen LogP) is 0.725. The number of carbonyl (C=O) groups excluding carboxylic acids is 1. The van der Waals surface area contributed by atoms with Gasteiger partial charge in [-0.2, -0.15) is 0 Å². The summed E-state index contributed by atoms with van der Waals surface area (Å²) in [5, 5.41) is 12.0. The average Bonchev–Trinajstić information content (AvgIpc) is 2.36. The van der Waals surface area contributed by atoms with Crippen LogP contribution in [0.25, 0.3) is 0 Å². The fourth-order valence-electron chi connectivity index (χ4n) is 2.61. The first kappa shape index (κ1) is 13.5. The molecule has 1 aromatic rings. The lowest BCUT2D eigenvalue weighted by molar-refractivity contribution is -0.144. The molecule has 1 amide bonds. The molecular weight excluding hydrogens is 244 g/mol. The molecule has 0 radical (unpaired) electrons. The number of carboxylic acids is 1. The molecule has 1 unspecified atom stereocenters. The number of nitrogens with one attached hydrogen (secondary N) is 1. The van der Waals surface area contributed by atoms with Crippen molar-refractivity contribution in [3.63, 3.8) is 0 Å². The number of likely N-dealkylation sites (N-methyl/N-ethyl adjacent to an activating group) is 1. The number of carbonyl (C=O) groups is 2. The first-order valence-electron chi connectivity index (χ1n) is 6.26. The van der Waals surface area contributed by atoms with E-state index >= 15 is 0 Å². The molecule has 1 atom stereocenters. The summed E-state index contributed by atoms with van der Waals surface area (Å²) in [5.74, 6) is -1.44. The standard InChI is InChI=1S/C14H18N2O3/c1-9-4-3-5-10-6-15-7-11(13(9)10)14(19)16(2)8-12(17)18/h3-5,11,15H,6-8H2,1-2H3,(H,17,18). The Hall–Kier alpha value is -1.88. The smallest absolute Gasteiger partial charge is 0.323 e.